The summed E-state index contributed by atoms with van der Waals surface area (Å²) in [6.07, 6.45) is 0.579. The van der Waals surface area contributed by atoms with Crippen LogP contribution in [-0.2, 0) is 4.74 Å². The molecule has 2 rings (SSSR count). The number of fused-ring (bicyclic) bond motifs is 2. The summed E-state index contributed by atoms with van der Waals surface area (Å²) in [6, 6.07) is 0. The van der Waals surface area contributed by atoms with Crippen LogP contribution < -0.4 is 5.73 Å². The van der Waals surface area contributed by atoms with E-state index in [2.05, 4.69) is 4.90 Å². The molecule has 0 aliphatic carbocycles. The van der Waals surface area contributed by atoms with Crippen LogP contribution in [0.5, 0.6) is 0 Å². The van der Waals surface area contributed by atoms with Crippen LogP contribution in [0.15, 0.2) is 0 Å². The van der Waals surface area contributed by atoms with Crippen LogP contribution in [0.3, 0.4) is 0 Å². The van der Waals surface area contributed by atoms with Gasteiger partial charge in [0, 0.05) is 19.0 Å². The summed E-state index contributed by atoms with van der Waals surface area (Å²) in [4.78, 5) is 13.0. The predicted octanol–water partition coefficient (Wildman–Crippen LogP) is 0.422. The average Bonchev–Trinajstić information content (AvgIpc) is 2.62. The van der Waals surface area contributed by atoms with Gasteiger partial charge >= 0.3 is 6.09 Å². The van der Waals surface area contributed by atoms with Crippen molar-refractivity contribution in [3.05, 3.63) is 0 Å². The number of amides is 1. The van der Waals surface area contributed by atoms with Gasteiger partial charge in [0.2, 0.25) is 0 Å². The molecule has 2 aliphatic rings. The molecule has 1 amide bonds. The molecule has 74 valence electrons. The van der Waals surface area contributed by atoms with E-state index >= 15 is 0 Å². The summed E-state index contributed by atoms with van der Waals surface area (Å²) in [7, 11) is 0. The second-order valence-electron chi connectivity index (χ2n) is 4.11. The number of piperidine rings is 1. The maximum atomic E-state index is 10.6. The Morgan fingerprint density at radius 2 is 2.38 bits per heavy atom. The van der Waals surface area contributed by atoms with Gasteiger partial charge < -0.3 is 15.4 Å². The van der Waals surface area contributed by atoms with E-state index in [0.717, 1.165) is 6.54 Å². The number of carbonyl (C=O) groups excluding carboxylic acids is 1. The van der Waals surface area contributed by atoms with Crippen molar-refractivity contribution in [2.75, 3.05) is 19.6 Å². The molecule has 0 spiro atoms. The number of nitrogens with zero attached hydrogens (tertiary/aromatic N) is 1. The number of rotatable bonds is 2. The van der Waals surface area contributed by atoms with Crippen LogP contribution in [0.1, 0.15) is 13.3 Å². The fourth-order valence-corrected chi connectivity index (χ4v) is 2.63. The zero-order valence-electron chi connectivity index (χ0n) is 7.90. The first-order valence-corrected chi connectivity index (χ1v) is 4.85. The minimum Gasteiger partial charge on any atom is -0.446 e. The Hall–Kier alpha value is -0.770. The summed E-state index contributed by atoms with van der Waals surface area (Å²) in [5, 5.41) is 0. The molecule has 4 nitrogen and oxygen atoms in total. The largest absolute Gasteiger partial charge is 0.446 e. The molecule has 0 saturated carbocycles. The Balaban J connectivity index is 1.91. The van der Waals surface area contributed by atoms with Crippen LogP contribution in [0.2, 0.25) is 0 Å². The summed E-state index contributed by atoms with van der Waals surface area (Å²) < 4.78 is 5.00. The number of primary amides is 1. The van der Waals surface area contributed by atoms with E-state index in [0.29, 0.717) is 11.8 Å². The highest BCUT2D eigenvalue weighted by atomic mass is 16.6. The van der Waals surface area contributed by atoms with Crippen LogP contribution in [0.25, 0.3) is 0 Å². The summed E-state index contributed by atoms with van der Waals surface area (Å²) >= 11 is 0. The Kier molecular flexibility index (Phi) is 2.15. The topological polar surface area (TPSA) is 55.6 Å². The first kappa shape index (κ1) is 8.81. The standard InChI is InChI=1S/C9H16N2O2/c1-6(13-9(10)12)8-5-11-3-2-7(8)4-11/h6-8H,2-5H2,1H3,(H2,10,12). The highest BCUT2D eigenvalue weighted by molar-refractivity contribution is 5.64. The van der Waals surface area contributed by atoms with Crippen LogP contribution >= 0.6 is 0 Å². The number of nitrogens with two attached hydrogens (primary N) is 1. The molecule has 0 aromatic rings. The predicted molar refractivity (Wildman–Crippen MR) is 48.2 cm³/mol. The molecule has 2 heterocycles. The zero-order valence-corrected chi connectivity index (χ0v) is 7.90. The van der Waals surface area contributed by atoms with Crippen molar-refractivity contribution in [3.63, 3.8) is 0 Å². The minimum atomic E-state index is -0.648. The van der Waals surface area contributed by atoms with Gasteiger partial charge in [-0.1, -0.05) is 0 Å². The van der Waals surface area contributed by atoms with Gasteiger partial charge in [-0.15, -0.1) is 0 Å². The molecule has 0 radical (unpaired) electrons. The molecule has 2 fully saturated rings. The number of carbonyl (C=O) groups is 1. The number of ether oxygens (including phenoxy) is 1. The van der Waals surface area contributed by atoms with Crippen LogP contribution in [0.4, 0.5) is 4.79 Å². The lowest BCUT2D eigenvalue weighted by atomic mass is 9.88. The molecule has 13 heavy (non-hydrogen) atoms. The Labute approximate surface area is 78.0 Å². The molecule has 2 bridgehead atoms. The maximum absolute atomic E-state index is 10.6. The van der Waals surface area contributed by atoms with Crippen LogP contribution in [0, 0.1) is 11.8 Å². The normalized spacial score (nSPS) is 39.0. The monoisotopic (exact) mass is 184 g/mol. The zero-order chi connectivity index (χ0) is 9.42. The highest BCUT2D eigenvalue weighted by Gasteiger charge is 2.41. The Morgan fingerprint density at radius 1 is 1.62 bits per heavy atom. The van der Waals surface area contributed by atoms with E-state index in [1.54, 1.807) is 0 Å². The fraction of sp³-hybridized carbons (Fsp3) is 0.889. The van der Waals surface area contributed by atoms with Gasteiger partial charge in [-0.3, -0.25) is 0 Å². The van der Waals surface area contributed by atoms with E-state index in [1.165, 1.54) is 19.5 Å². The molecule has 4 atom stereocenters. The third-order valence-electron chi connectivity index (χ3n) is 3.29. The van der Waals surface area contributed by atoms with Crippen molar-refractivity contribution in [1.29, 1.82) is 0 Å². The fourth-order valence-electron chi connectivity index (χ4n) is 2.63. The second-order valence-corrected chi connectivity index (χ2v) is 4.11. The lowest BCUT2D eigenvalue weighted by Crippen LogP contribution is -2.35. The van der Waals surface area contributed by atoms with Gasteiger partial charge in [0.15, 0.2) is 0 Å². The molecule has 4 unspecified atom stereocenters. The minimum absolute atomic E-state index is 0.0206. The summed E-state index contributed by atoms with van der Waals surface area (Å²) in [5.41, 5.74) is 4.98. The molecular formula is C9H16N2O2. The smallest absolute Gasteiger partial charge is 0.404 e. The van der Waals surface area contributed by atoms with Crippen molar-refractivity contribution >= 4 is 6.09 Å². The lowest BCUT2D eigenvalue weighted by Gasteiger charge is -2.26. The number of hydrogen-bond acceptors (Lipinski definition) is 3. The third kappa shape index (κ3) is 1.63. The molecule has 2 saturated heterocycles. The van der Waals surface area contributed by atoms with Crippen molar-refractivity contribution in [3.8, 4) is 0 Å². The van der Waals surface area contributed by atoms with Crippen molar-refractivity contribution < 1.29 is 9.53 Å². The quantitative estimate of drug-likeness (QED) is 0.676. The van der Waals surface area contributed by atoms with E-state index in [1.807, 2.05) is 6.92 Å². The maximum Gasteiger partial charge on any atom is 0.404 e. The van der Waals surface area contributed by atoms with Gasteiger partial charge in [0.25, 0.3) is 0 Å². The van der Waals surface area contributed by atoms with E-state index < -0.39 is 6.09 Å². The average molecular weight is 184 g/mol. The number of hydrogen-bond donors (Lipinski definition) is 1. The third-order valence-corrected chi connectivity index (χ3v) is 3.29. The van der Waals surface area contributed by atoms with Crippen molar-refractivity contribution in [2.24, 2.45) is 17.6 Å². The van der Waals surface area contributed by atoms with Gasteiger partial charge in [0.1, 0.15) is 6.10 Å². The van der Waals surface area contributed by atoms with Gasteiger partial charge in [-0.25, -0.2) is 4.79 Å². The summed E-state index contributed by atoms with van der Waals surface area (Å²) in [5.74, 6) is 1.22. The van der Waals surface area contributed by atoms with Crippen LogP contribution in [-0.4, -0.2) is 36.7 Å². The molecule has 0 aromatic heterocycles. The van der Waals surface area contributed by atoms with Gasteiger partial charge in [0.05, 0.1) is 0 Å². The second kappa shape index (κ2) is 3.18. The van der Waals surface area contributed by atoms with Gasteiger partial charge in [-0.05, 0) is 25.8 Å². The Bertz CT molecular complexity index is 220. The first-order valence-electron chi connectivity index (χ1n) is 4.85. The van der Waals surface area contributed by atoms with Crippen molar-refractivity contribution in [2.45, 2.75) is 19.4 Å². The Morgan fingerprint density at radius 3 is 2.85 bits per heavy atom. The first-order chi connectivity index (χ1) is 6.16. The molecule has 2 N–H and O–H groups in total. The van der Waals surface area contributed by atoms with E-state index in [-0.39, 0.29) is 6.10 Å². The summed E-state index contributed by atoms with van der Waals surface area (Å²) in [6.45, 7) is 5.40. The lowest BCUT2D eigenvalue weighted by molar-refractivity contribution is 0.0618. The molecule has 0 aromatic carbocycles. The molecule has 4 heteroatoms. The van der Waals surface area contributed by atoms with E-state index in [9.17, 15) is 4.79 Å². The highest BCUT2D eigenvalue weighted by Crippen LogP contribution is 2.35. The van der Waals surface area contributed by atoms with Gasteiger partial charge in [-0.2, -0.15) is 0 Å². The molecular weight excluding hydrogens is 168 g/mol. The van der Waals surface area contributed by atoms with E-state index in [4.69, 9.17) is 10.5 Å². The SMILES string of the molecule is CC(OC(N)=O)C1CN2CCC1C2. The molecule has 2 aliphatic heterocycles. The van der Waals surface area contributed by atoms with Crippen molar-refractivity contribution in [1.82, 2.24) is 4.90 Å².